The second-order valence-corrected chi connectivity index (χ2v) is 11.7. The Hall–Kier alpha value is -5.07. The van der Waals surface area contributed by atoms with Gasteiger partial charge < -0.3 is 14.2 Å². The molecule has 6 rings (SSSR count). The number of allylic oxidation sites excluding steroid dienone is 1. The summed E-state index contributed by atoms with van der Waals surface area (Å²) in [4.78, 5) is 44.9. The molecular formula is C32H26N4O6S2. The number of thiazole rings is 1. The Bertz CT molecular complexity index is 2110. The van der Waals surface area contributed by atoms with Gasteiger partial charge in [0.2, 0.25) is 0 Å². The summed E-state index contributed by atoms with van der Waals surface area (Å²) in [5, 5.41) is 6.83. The van der Waals surface area contributed by atoms with Crippen molar-refractivity contribution in [2.24, 2.45) is 4.99 Å². The Morgan fingerprint density at radius 3 is 2.50 bits per heavy atom. The number of carbonyl (C=O) groups excluding carboxylic acids is 2. The van der Waals surface area contributed by atoms with E-state index < -0.39 is 18.0 Å². The van der Waals surface area contributed by atoms with Crippen LogP contribution in [0, 0.1) is 0 Å². The van der Waals surface area contributed by atoms with Crippen LogP contribution in [0.15, 0.2) is 93.3 Å². The molecule has 0 aliphatic carbocycles. The van der Waals surface area contributed by atoms with Crippen molar-refractivity contribution in [3.8, 4) is 27.8 Å². The molecule has 1 aliphatic heterocycles. The largest absolute Gasteiger partial charge is 0.493 e. The van der Waals surface area contributed by atoms with Crippen LogP contribution in [-0.2, 0) is 14.3 Å². The predicted molar refractivity (Wildman–Crippen MR) is 167 cm³/mol. The number of ether oxygens (including phenoxy) is 3. The fourth-order valence-electron chi connectivity index (χ4n) is 5.05. The summed E-state index contributed by atoms with van der Waals surface area (Å²) in [5.74, 6) is -0.633. The van der Waals surface area contributed by atoms with Crippen LogP contribution >= 0.6 is 22.7 Å². The molecule has 2 aromatic carbocycles. The van der Waals surface area contributed by atoms with Crippen molar-refractivity contribution in [3.63, 3.8) is 0 Å². The highest BCUT2D eigenvalue weighted by Gasteiger charge is 2.34. The van der Waals surface area contributed by atoms with Gasteiger partial charge in [-0.2, -0.15) is 5.10 Å². The summed E-state index contributed by atoms with van der Waals surface area (Å²) in [6.07, 6.45) is 3.70. The van der Waals surface area contributed by atoms with Gasteiger partial charge in [-0.15, -0.1) is 11.3 Å². The summed E-state index contributed by atoms with van der Waals surface area (Å²) in [5.41, 5.74) is 3.24. The van der Waals surface area contributed by atoms with E-state index in [1.54, 1.807) is 41.1 Å². The molecule has 1 atom stereocenters. The van der Waals surface area contributed by atoms with Crippen molar-refractivity contribution in [2.45, 2.75) is 19.9 Å². The van der Waals surface area contributed by atoms with E-state index in [2.05, 4.69) is 4.99 Å². The number of aromatic nitrogens is 3. The fourth-order valence-corrected chi connectivity index (χ4v) is 6.82. The number of thiophene rings is 1. The van der Waals surface area contributed by atoms with Gasteiger partial charge in [0.1, 0.15) is 5.69 Å². The number of nitrogens with zero attached hydrogens (tertiary/aromatic N) is 4. The van der Waals surface area contributed by atoms with Crippen molar-refractivity contribution in [2.75, 3.05) is 14.2 Å². The van der Waals surface area contributed by atoms with Crippen LogP contribution in [0.1, 0.15) is 31.0 Å². The third-order valence-electron chi connectivity index (χ3n) is 6.99. The van der Waals surface area contributed by atoms with E-state index in [1.165, 1.54) is 37.0 Å². The lowest BCUT2D eigenvalue weighted by atomic mass is 9.95. The van der Waals surface area contributed by atoms with E-state index in [4.69, 9.17) is 19.3 Å². The molecule has 0 saturated carbocycles. The highest BCUT2D eigenvalue weighted by atomic mass is 32.1. The van der Waals surface area contributed by atoms with Gasteiger partial charge in [-0.25, -0.2) is 14.5 Å². The standard InChI is InChI=1S/C32H26N4O6S2/c1-18-27(31(39)41-4)29(20-12-13-23(42-19(2)37)24(15-20)40-3)36-30(38)26(44-32(36)33-18)16-21-17-35(22-9-6-5-7-10-22)34-28(21)25-11-8-14-43-25/h5-17,29H,1-4H3/b26-16+. The molecule has 1 aliphatic rings. The number of fused-ring (bicyclic) bond motifs is 1. The molecule has 222 valence electrons. The van der Waals surface area contributed by atoms with Crippen LogP contribution in [0.4, 0.5) is 0 Å². The Morgan fingerprint density at radius 1 is 1.02 bits per heavy atom. The molecule has 0 fully saturated rings. The van der Waals surface area contributed by atoms with Crippen LogP contribution in [-0.4, -0.2) is 40.5 Å². The molecular weight excluding hydrogens is 601 g/mol. The second kappa shape index (κ2) is 11.9. The molecule has 4 heterocycles. The highest BCUT2D eigenvalue weighted by Crippen LogP contribution is 2.36. The van der Waals surface area contributed by atoms with Crippen molar-refractivity contribution in [1.82, 2.24) is 14.3 Å². The SMILES string of the molecule is COC(=O)C1=C(C)N=c2s/c(=C/c3cn(-c4ccccc4)nc3-c3cccs3)c(=O)n2C1c1ccc(OC(C)=O)c(OC)c1. The lowest BCUT2D eigenvalue weighted by molar-refractivity contribution is -0.136. The monoisotopic (exact) mass is 626 g/mol. The van der Waals surface area contributed by atoms with Gasteiger partial charge in [0.05, 0.1) is 46.6 Å². The van der Waals surface area contributed by atoms with Gasteiger partial charge in [0.15, 0.2) is 16.3 Å². The molecule has 0 N–H and O–H groups in total. The number of methoxy groups -OCH3 is 2. The Labute approximate surface area is 259 Å². The summed E-state index contributed by atoms with van der Waals surface area (Å²) in [6.45, 7) is 3.00. The lowest BCUT2D eigenvalue weighted by Gasteiger charge is -2.25. The Balaban J connectivity index is 1.55. The first-order valence-electron chi connectivity index (χ1n) is 13.4. The van der Waals surface area contributed by atoms with Crippen molar-refractivity contribution >= 4 is 40.7 Å². The van der Waals surface area contributed by atoms with Crippen LogP contribution < -0.4 is 24.4 Å². The molecule has 0 saturated heterocycles. The molecule has 0 radical (unpaired) electrons. The molecule has 10 nitrogen and oxygen atoms in total. The first-order valence-corrected chi connectivity index (χ1v) is 15.1. The maximum atomic E-state index is 14.2. The molecule has 0 amide bonds. The lowest BCUT2D eigenvalue weighted by Crippen LogP contribution is -2.39. The summed E-state index contributed by atoms with van der Waals surface area (Å²) in [7, 11) is 2.73. The average Bonchev–Trinajstić information content (AvgIpc) is 3.76. The maximum absolute atomic E-state index is 14.2. The molecule has 12 heteroatoms. The summed E-state index contributed by atoms with van der Waals surface area (Å²) in [6, 6.07) is 17.7. The smallest absolute Gasteiger partial charge is 0.338 e. The third kappa shape index (κ3) is 5.29. The third-order valence-corrected chi connectivity index (χ3v) is 8.85. The number of esters is 2. The molecule has 0 bridgehead atoms. The molecule has 1 unspecified atom stereocenters. The molecule has 5 aromatic rings. The number of benzene rings is 2. The van der Waals surface area contributed by atoms with Crippen LogP contribution in [0.5, 0.6) is 11.5 Å². The van der Waals surface area contributed by atoms with Gasteiger partial charge in [-0.3, -0.25) is 14.2 Å². The molecule has 44 heavy (non-hydrogen) atoms. The molecule has 3 aromatic heterocycles. The van der Waals surface area contributed by atoms with E-state index in [9.17, 15) is 14.4 Å². The van der Waals surface area contributed by atoms with Gasteiger partial charge in [0, 0.05) is 18.7 Å². The number of rotatable bonds is 7. The van der Waals surface area contributed by atoms with Crippen LogP contribution in [0.3, 0.4) is 0 Å². The first kappa shape index (κ1) is 29.0. The van der Waals surface area contributed by atoms with Crippen molar-refractivity contribution < 1.29 is 23.8 Å². The van der Waals surface area contributed by atoms with Gasteiger partial charge in [-0.05, 0) is 54.3 Å². The minimum Gasteiger partial charge on any atom is -0.493 e. The molecule has 0 spiro atoms. The zero-order valence-electron chi connectivity index (χ0n) is 24.1. The topological polar surface area (TPSA) is 114 Å². The first-order chi connectivity index (χ1) is 21.3. The van der Waals surface area contributed by atoms with Gasteiger partial charge in [0.25, 0.3) is 5.56 Å². The van der Waals surface area contributed by atoms with Crippen LogP contribution in [0.2, 0.25) is 0 Å². The van der Waals surface area contributed by atoms with Crippen LogP contribution in [0.25, 0.3) is 22.3 Å². The highest BCUT2D eigenvalue weighted by molar-refractivity contribution is 7.13. The van der Waals surface area contributed by atoms with Gasteiger partial charge >= 0.3 is 11.9 Å². The second-order valence-electron chi connectivity index (χ2n) is 9.77. The van der Waals surface area contributed by atoms with Gasteiger partial charge in [-0.1, -0.05) is 41.7 Å². The van der Waals surface area contributed by atoms with E-state index in [0.717, 1.165) is 21.8 Å². The summed E-state index contributed by atoms with van der Waals surface area (Å²) < 4.78 is 19.6. The number of hydrogen-bond acceptors (Lipinski definition) is 10. The van der Waals surface area contributed by atoms with E-state index >= 15 is 0 Å². The predicted octanol–water partition coefficient (Wildman–Crippen LogP) is 4.26. The quantitative estimate of drug-likeness (QED) is 0.196. The zero-order valence-corrected chi connectivity index (χ0v) is 25.8. The van der Waals surface area contributed by atoms with E-state index in [1.807, 2.05) is 60.1 Å². The maximum Gasteiger partial charge on any atom is 0.338 e. The normalized spacial score (nSPS) is 14.6. The number of hydrogen-bond donors (Lipinski definition) is 0. The Morgan fingerprint density at radius 2 is 1.82 bits per heavy atom. The number of carbonyl (C=O) groups is 2. The minimum atomic E-state index is -0.870. The van der Waals surface area contributed by atoms with E-state index in [-0.39, 0.29) is 22.6 Å². The minimum absolute atomic E-state index is 0.213. The summed E-state index contributed by atoms with van der Waals surface area (Å²) >= 11 is 2.78. The Kier molecular flexibility index (Phi) is 7.85. The van der Waals surface area contributed by atoms with Crippen molar-refractivity contribution in [1.29, 1.82) is 0 Å². The number of para-hydroxylation sites is 1. The zero-order chi connectivity index (χ0) is 31.0. The van der Waals surface area contributed by atoms with E-state index in [0.29, 0.717) is 20.6 Å². The fraction of sp³-hybridized carbons (Fsp3) is 0.156. The average molecular weight is 627 g/mol. The van der Waals surface area contributed by atoms with Crippen molar-refractivity contribution in [3.05, 3.63) is 114 Å².